The van der Waals surface area contributed by atoms with Crippen LogP contribution < -0.4 is 11.1 Å². The van der Waals surface area contributed by atoms with E-state index in [1.807, 2.05) is 0 Å². The standard InChI is InChI=1S/C13H11ClN2O/c14-10-6-2-1-5-9(10)13(17)16-12-8-4-3-7-11(12)15/h1-8H,15H2,(H,16,17). The first-order valence-corrected chi connectivity index (χ1v) is 5.46. The van der Waals surface area contributed by atoms with Crippen molar-refractivity contribution in [2.24, 2.45) is 0 Å². The van der Waals surface area contributed by atoms with E-state index in [1.54, 1.807) is 48.5 Å². The number of hydrogen-bond donors (Lipinski definition) is 2. The topological polar surface area (TPSA) is 55.1 Å². The van der Waals surface area contributed by atoms with Crippen molar-refractivity contribution in [2.45, 2.75) is 0 Å². The molecular formula is C13H11ClN2O. The summed E-state index contributed by atoms with van der Waals surface area (Å²) in [5.41, 5.74) is 7.27. The first-order valence-electron chi connectivity index (χ1n) is 5.09. The van der Waals surface area contributed by atoms with Crippen molar-refractivity contribution < 1.29 is 4.79 Å². The smallest absolute Gasteiger partial charge is 0.257 e. The zero-order chi connectivity index (χ0) is 12.3. The Bertz CT molecular complexity index is 555. The Morgan fingerprint density at radius 3 is 2.41 bits per heavy atom. The lowest BCUT2D eigenvalue weighted by Crippen LogP contribution is -2.13. The Morgan fingerprint density at radius 2 is 1.71 bits per heavy atom. The number of carbonyl (C=O) groups is 1. The SMILES string of the molecule is Nc1ccccc1NC(=O)c1ccccc1Cl. The molecule has 1 amide bonds. The summed E-state index contributed by atoms with van der Waals surface area (Å²) in [6.45, 7) is 0. The van der Waals surface area contributed by atoms with Gasteiger partial charge in [-0.15, -0.1) is 0 Å². The van der Waals surface area contributed by atoms with E-state index in [1.165, 1.54) is 0 Å². The highest BCUT2D eigenvalue weighted by Crippen LogP contribution is 2.20. The predicted octanol–water partition coefficient (Wildman–Crippen LogP) is 3.17. The predicted molar refractivity (Wildman–Crippen MR) is 70.3 cm³/mol. The number of halogens is 1. The van der Waals surface area contributed by atoms with Gasteiger partial charge in [0.25, 0.3) is 5.91 Å². The molecule has 0 spiro atoms. The van der Waals surface area contributed by atoms with Crippen LogP contribution in [-0.2, 0) is 0 Å². The molecule has 0 heterocycles. The Hall–Kier alpha value is -2.00. The van der Waals surface area contributed by atoms with Crippen LogP contribution in [0.25, 0.3) is 0 Å². The Morgan fingerprint density at radius 1 is 1.06 bits per heavy atom. The van der Waals surface area contributed by atoms with Gasteiger partial charge in [0.1, 0.15) is 0 Å². The molecule has 0 aliphatic heterocycles. The van der Waals surface area contributed by atoms with Crippen LogP contribution in [0, 0.1) is 0 Å². The van der Waals surface area contributed by atoms with Crippen LogP contribution in [0.4, 0.5) is 11.4 Å². The second-order valence-electron chi connectivity index (χ2n) is 3.52. The molecule has 0 fully saturated rings. The second-order valence-corrected chi connectivity index (χ2v) is 3.93. The molecule has 0 atom stereocenters. The maximum absolute atomic E-state index is 11.9. The van der Waals surface area contributed by atoms with Gasteiger partial charge in [-0.05, 0) is 24.3 Å². The highest BCUT2D eigenvalue weighted by molar-refractivity contribution is 6.34. The Kier molecular flexibility index (Phi) is 3.30. The van der Waals surface area contributed by atoms with Crippen molar-refractivity contribution in [3.05, 3.63) is 59.1 Å². The molecule has 0 aliphatic carbocycles. The first-order chi connectivity index (χ1) is 8.18. The van der Waals surface area contributed by atoms with Crippen molar-refractivity contribution in [2.75, 3.05) is 11.1 Å². The van der Waals surface area contributed by atoms with Crippen LogP contribution in [0.3, 0.4) is 0 Å². The number of hydrogen-bond acceptors (Lipinski definition) is 2. The third-order valence-electron chi connectivity index (χ3n) is 2.33. The van der Waals surface area contributed by atoms with Gasteiger partial charge in [-0.3, -0.25) is 4.79 Å². The summed E-state index contributed by atoms with van der Waals surface area (Å²) in [6, 6.07) is 13.9. The molecule has 17 heavy (non-hydrogen) atoms. The lowest BCUT2D eigenvalue weighted by molar-refractivity contribution is 0.102. The molecule has 2 aromatic carbocycles. The summed E-state index contributed by atoms with van der Waals surface area (Å²) in [4.78, 5) is 11.9. The summed E-state index contributed by atoms with van der Waals surface area (Å²) in [7, 11) is 0. The number of para-hydroxylation sites is 2. The minimum absolute atomic E-state index is 0.270. The van der Waals surface area contributed by atoms with E-state index in [0.717, 1.165) is 0 Å². The first kappa shape index (κ1) is 11.5. The van der Waals surface area contributed by atoms with Gasteiger partial charge in [0, 0.05) is 0 Å². The van der Waals surface area contributed by atoms with Crippen molar-refractivity contribution in [1.82, 2.24) is 0 Å². The van der Waals surface area contributed by atoms with Gasteiger partial charge in [0.15, 0.2) is 0 Å². The normalized spacial score (nSPS) is 9.94. The second kappa shape index (κ2) is 4.89. The quantitative estimate of drug-likeness (QED) is 0.800. The van der Waals surface area contributed by atoms with Crippen LogP contribution in [0.2, 0.25) is 5.02 Å². The van der Waals surface area contributed by atoms with E-state index < -0.39 is 0 Å². The zero-order valence-corrected chi connectivity index (χ0v) is 9.74. The largest absolute Gasteiger partial charge is 0.397 e. The molecule has 0 saturated heterocycles. The molecule has 0 aliphatic rings. The van der Waals surface area contributed by atoms with E-state index in [4.69, 9.17) is 17.3 Å². The van der Waals surface area contributed by atoms with Crippen molar-refractivity contribution in [3.63, 3.8) is 0 Å². The number of amides is 1. The van der Waals surface area contributed by atoms with Gasteiger partial charge in [0.2, 0.25) is 0 Å². The van der Waals surface area contributed by atoms with Gasteiger partial charge < -0.3 is 11.1 Å². The minimum Gasteiger partial charge on any atom is -0.397 e. The van der Waals surface area contributed by atoms with E-state index >= 15 is 0 Å². The lowest BCUT2D eigenvalue weighted by atomic mass is 10.2. The van der Waals surface area contributed by atoms with Crippen molar-refractivity contribution in [1.29, 1.82) is 0 Å². The fraction of sp³-hybridized carbons (Fsp3) is 0. The molecule has 2 rings (SSSR count). The average molecular weight is 247 g/mol. The number of anilines is 2. The molecule has 0 aromatic heterocycles. The number of nitrogens with one attached hydrogen (secondary N) is 1. The molecule has 86 valence electrons. The van der Waals surface area contributed by atoms with Gasteiger partial charge in [-0.25, -0.2) is 0 Å². The highest BCUT2D eigenvalue weighted by atomic mass is 35.5. The third kappa shape index (κ3) is 2.57. The molecule has 0 bridgehead atoms. The average Bonchev–Trinajstić information content (AvgIpc) is 2.32. The highest BCUT2D eigenvalue weighted by Gasteiger charge is 2.10. The molecule has 2 aromatic rings. The fourth-order valence-corrected chi connectivity index (χ4v) is 1.67. The Labute approximate surface area is 104 Å². The molecule has 3 nitrogen and oxygen atoms in total. The third-order valence-corrected chi connectivity index (χ3v) is 2.66. The van der Waals surface area contributed by atoms with Gasteiger partial charge in [-0.2, -0.15) is 0 Å². The maximum Gasteiger partial charge on any atom is 0.257 e. The number of carbonyl (C=O) groups excluding carboxylic acids is 1. The van der Waals surface area contributed by atoms with Crippen molar-refractivity contribution in [3.8, 4) is 0 Å². The summed E-state index contributed by atoms with van der Waals surface area (Å²) in [6.07, 6.45) is 0. The lowest BCUT2D eigenvalue weighted by Gasteiger charge is -2.08. The van der Waals surface area contributed by atoms with Crippen LogP contribution in [0.5, 0.6) is 0 Å². The minimum atomic E-state index is -0.270. The van der Waals surface area contributed by atoms with Crippen LogP contribution in [0.15, 0.2) is 48.5 Å². The van der Waals surface area contributed by atoms with Gasteiger partial charge in [-0.1, -0.05) is 35.9 Å². The van der Waals surface area contributed by atoms with Crippen molar-refractivity contribution >= 4 is 28.9 Å². The molecule has 0 radical (unpaired) electrons. The fourth-order valence-electron chi connectivity index (χ4n) is 1.45. The molecular weight excluding hydrogens is 236 g/mol. The van der Waals surface area contributed by atoms with Gasteiger partial charge >= 0.3 is 0 Å². The number of nitrogen functional groups attached to an aromatic ring is 1. The molecule has 0 unspecified atom stereocenters. The van der Waals surface area contributed by atoms with Crippen LogP contribution in [-0.4, -0.2) is 5.91 Å². The zero-order valence-electron chi connectivity index (χ0n) is 8.98. The number of nitrogens with two attached hydrogens (primary N) is 1. The summed E-state index contributed by atoms with van der Waals surface area (Å²) < 4.78 is 0. The van der Waals surface area contributed by atoms with Gasteiger partial charge in [0.05, 0.1) is 22.0 Å². The molecule has 3 N–H and O–H groups in total. The maximum atomic E-state index is 11.9. The van der Waals surface area contributed by atoms with Crippen LogP contribution in [0.1, 0.15) is 10.4 Å². The van der Waals surface area contributed by atoms with E-state index in [2.05, 4.69) is 5.32 Å². The van der Waals surface area contributed by atoms with E-state index in [9.17, 15) is 4.79 Å². The van der Waals surface area contributed by atoms with E-state index in [-0.39, 0.29) is 5.91 Å². The molecule has 0 saturated carbocycles. The monoisotopic (exact) mass is 246 g/mol. The number of benzene rings is 2. The summed E-state index contributed by atoms with van der Waals surface area (Å²) in [5, 5.41) is 3.14. The Balaban J connectivity index is 2.24. The number of rotatable bonds is 2. The van der Waals surface area contributed by atoms with Crippen LogP contribution >= 0.6 is 11.6 Å². The molecule has 4 heteroatoms. The van der Waals surface area contributed by atoms with E-state index in [0.29, 0.717) is 22.0 Å². The summed E-state index contributed by atoms with van der Waals surface area (Å²) >= 11 is 5.93. The summed E-state index contributed by atoms with van der Waals surface area (Å²) in [5.74, 6) is -0.270.